The van der Waals surface area contributed by atoms with Gasteiger partial charge in [0.25, 0.3) is 10.1 Å². The largest absolute Gasteiger partial charge is 0.506 e. The summed E-state index contributed by atoms with van der Waals surface area (Å²) in [7, 11) is -9.38. The van der Waals surface area contributed by atoms with E-state index < -0.39 is 48.1 Å². The second kappa shape index (κ2) is 13.2. The molecule has 0 aromatic heterocycles. The summed E-state index contributed by atoms with van der Waals surface area (Å²) in [6.45, 7) is 3.34. The van der Waals surface area contributed by atoms with E-state index in [1.54, 1.807) is 0 Å². The molecule has 1 amide bonds. The van der Waals surface area contributed by atoms with Crippen molar-refractivity contribution in [3.8, 4) is 11.5 Å². The van der Waals surface area contributed by atoms with Crippen LogP contribution in [0.25, 0.3) is 10.8 Å². The van der Waals surface area contributed by atoms with Gasteiger partial charge in [0.1, 0.15) is 28.0 Å². The topological polar surface area (TPSA) is 228 Å². The molecule has 39 heavy (non-hydrogen) atoms. The van der Waals surface area contributed by atoms with Crippen LogP contribution < -0.4 is 5.32 Å². The van der Waals surface area contributed by atoms with Gasteiger partial charge in [-0.3, -0.25) is 9.35 Å². The number of aromatic hydroxyl groups is 2. The molecule has 0 spiro atoms. The van der Waals surface area contributed by atoms with Crippen molar-refractivity contribution in [3.05, 3.63) is 36.4 Å². The number of fused-ring (bicyclic) bond motifs is 1. The van der Waals surface area contributed by atoms with Gasteiger partial charge in [0.15, 0.2) is 5.75 Å². The zero-order valence-electron chi connectivity index (χ0n) is 20.0. The van der Waals surface area contributed by atoms with Crippen molar-refractivity contribution in [2.24, 2.45) is 10.2 Å². The van der Waals surface area contributed by atoms with E-state index in [2.05, 4.69) is 15.5 Å². The zero-order valence-corrected chi connectivity index (χ0v) is 23.4. The number of carbonyl (C=O) groups is 1. The Morgan fingerprint density at radius 1 is 1.05 bits per heavy atom. The number of nitrogens with zero attached hydrogens (tertiary/aromatic N) is 2. The first-order valence-corrected chi connectivity index (χ1v) is 14.2. The number of hydrogen-bond donors (Lipinski definition) is 7. The van der Waals surface area contributed by atoms with Crippen molar-refractivity contribution in [3.63, 3.8) is 0 Å². The Labute approximate surface area is 239 Å². The monoisotopic (exact) mass is 652 g/mol. The number of carbonyl (C=O) groups excluding carboxylic acids is 1. The first-order valence-electron chi connectivity index (χ1n) is 10.5. The van der Waals surface area contributed by atoms with Gasteiger partial charge in [0.2, 0.25) is 5.91 Å². The van der Waals surface area contributed by atoms with Gasteiger partial charge in [-0.1, -0.05) is 6.92 Å². The molecule has 1 radical (unpaired) electrons. The molecule has 0 aliphatic carbocycles. The number of nitrogens with one attached hydrogen (secondary N) is 1. The summed E-state index contributed by atoms with van der Waals surface area (Å²) in [6.07, 6.45) is 0.720. The summed E-state index contributed by atoms with van der Waals surface area (Å²) in [6, 6.07) is 6.73. The average Bonchev–Trinajstić information content (AvgIpc) is 2.80. The van der Waals surface area contributed by atoms with E-state index in [-0.39, 0.29) is 45.0 Å². The summed E-state index contributed by atoms with van der Waals surface area (Å²) in [5.41, 5.74) is -1.08. The number of hydrogen-bond acceptors (Lipinski definition) is 13. The van der Waals surface area contributed by atoms with E-state index in [9.17, 15) is 41.6 Å². The fourth-order valence-electron chi connectivity index (χ4n) is 3.12. The number of benzene rings is 3. The average molecular weight is 653 g/mol. The van der Waals surface area contributed by atoms with Gasteiger partial charge >= 0.3 is 0 Å². The molecular formula is C21H23CuN3O11S3. The second-order valence-corrected chi connectivity index (χ2v) is 11.3. The third kappa shape index (κ3) is 8.26. The molecule has 0 fully saturated rings. The van der Waals surface area contributed by atoms with Crippen LogP contribution in [0, 0.1) is 0 Å². The van der Waals surface area contributed by atoms with Crippen molar-refractivity contribution < 1.29 is 67.9 Å². The van der Waals surface area contributed by atoms with Crippen LogP contribution in [0.5, 0.6) is 11.5 Å². The van der Waals surface area contributed by atoms with Crippen LogP contribution in [-0.4, -0.2) is 49.4 Å². The number of rotatable bonds is 10. The molecule has 14 nitrogen and oxygen atoms in total. The van der Waals surface area contributed by atoms with E-state index in [1.807, 2.05) is 6.92 Å². The Morgan fingerprint density at radius 3 is 2.33 bits per heavy atom. The smallest absolute Gasteiger partial charge is 0.294 e. The van der Waals surface area contributed by atoms with Gasteiger partial charge < -0.3 is 29.2 Å². The molecule has 3 aromatic carbocycles. The van der Waals surface area contributed by atoms with Crippen molar-refractivity contribution in [2.45, 2.75) is 35.0 Å². The molecule has 217 valence electrons. The van der Waals surface area contributed by atoms with Gasteiger partial charge in [0, 0.05) is 34.3 Å². The first kappa shape index (κ1) is 32.7. The minimum absolute atomic E-state index is 0. The van der Waals surface area contributed by atoms with Crippen LogP contribution in [-0.2, 0) is 41.2 Å². The number of phenols is 2. The molecular weight excluding hydrogens is 630 g/mol. The Bertz CT molecular complexity index is 1510. The van der Waals surface area contributed by atoms with E-state index in [1.165, 1.54) is 18.2 Å². The fraction of sp³-hybridized carbons (Fsp3) is 0.190. The predicted octanol–water partition coefficient (Wildman–Crippen LogP) is 5.82. The van der Waals surface area contributed by atoms with Gasteiger partial charge in [-0.25, -0.2) is 4.89 Å². The van der Waals surface area contributed by atoms with E-state index in [0.29, 0.717) is 11.5 Å². The van der Waals surface area contributed by atoms with E-state index in [0.717, 1.165) is 43.6 Å². The summed E-state index contributed by atoms with van der Waals surface area (Å²) in [5.74, 6) is -1.84. The van der Waals surface area contributed by atoms with E-state index in [4.69, 9.17) is 9.22 Å². The molecule has 0 bridgehead atoms. The molecule has 0 aliphatic rings. The third-order valence-electron chi connectivity index (χ3n) is 4.70. The molecule has 0 atom stereocenters. The molecule has 0 saturated carbocycles. The molecule has 0 heterocycles. The van der Waals surface area contributed by atoms with Crippen LogP contribution in [0.2, 0.25) is 0 Å². The van der Waals surface area contributed by atoms with Crippen LogP contribution in [0.3, 0.4) is 0 Å². The Hall–Kier alpha value is -2.48. The molecule has 7 N–H and O–H groups in total. The standard InChI is InChI=1S/C21H23N3O11S3.Cu/c1-3-6-34-35-36-13-4-5-17(26)15(9-13)23-24-20-18(38(31,32)33)8-12-7-14(37(28,29)30)10-16(22-11(2)25)19(12)21(20)27;/h4-5,7-10,26-27,31-33H,3,6H2,1-2H3,(H,22,25)(H,28,29,30);. The normalized spacial score (nSPS) is 12.5. The van der Waals surface area contributed by atoms with Crippen LogP contribution in [0.4, 0.5) is 17.1 Å². The first-order chi connectivity index (χ1) is 17.7. The maximum atomic E-state index is 11.7. The third-order valence-corrected chi connectivity index (χ3v) is 7.04. The van der Waals surface area contributed by atoms with Crippen molar-refractivity contribution in [2.75, 3.05) is 11.9 Å². The number of phenolic OH excluding ortho intramolecular Hbond substituents is 2. The van der Waals surface area contributed by atoms with Crippen LogP contribution in [0.1, 0.15) is 20.3 Å². The van der Waals surface area contributed by atoms with E-state index >= 15 is 0 Å². The summed E-state index contributed by atoms with van der Waals surface area (Å²) < 4.78 is 67.9. The maximum absolute atomic E-state index is 11.7. The fourth-order valence-corrected chi connectivity index (χ4v) is 4.82. The Kier molecular flexibility index (Phi) is 11.1. The number of azo groups is 1. The molecule has 0 saturated heterocycles. The second-order valence-electron chi connectivity index (χ2n) is 7.64. The van der Waals surface area contributed by atoms with Gasteiger partial charge in [-0.2, -0.15) is 12.8 Å². The minimum Gasteiger partial charge on any atom is -0.506 e. The number of amides is 1. The molecule has 3 rings (SSSR count). The van der Waals surface area contributed by atoms with Gasteiger partial charge in [-0.15, -0.1) is 10.2 Å². The van der Waals surface area contributed by atoms with Crippen molar-refractivity contribution in [1.29, 1.82) is 0 Å². The quantitative estimate of drug-likeness (QED) is 0.0261. The predicted molar refractivity (Wildman–Crippen MR) is 139 cm³/mol. The van der Waals surface area contributed by atoms with Gasteiger partial charge in [0.05, 0.1) is 34.1 Å². The number of anilines is 1. The van der Waals surface area contributed by atoms with Crippen LogP contribution >= 0.6 is 22.9 Å². The molecule has 18 heteroatoms. The Balaban J connectivity index is 0.00000533. The zero-order chi connectivity index (χ0) is 28.3. The SMILES string of the molecule is CCCOOSc1ccc(O)c(N=Nc2c(S(O)(O)O)cc3cc(S(=O)(=O)O)cc(NC(C)=O)c3c2O)c1.[Cu]. The maximum Gasteiger partial charge on any atom is 0.294 e. The Morgan fingerprint density at radius 2 is 1.74 bits per heavy atom. The molecule has 3 aromatic rings. The van der Waals surface area contributed by atoms with Crippen LogP contribution in [0.15, 0.2) is 61.3 Å². The van der Waals surface area contributed by atoms with Crippen molar-refractivity contribution in [1.82, 2.24) is 0 Å². The van der Waals surface area contributed by atoms with Crippen molar-refractivity contribution >= 4 is 66.8 Å². The molecule has 0 aliphatic heterocycles. The summed E-state index contributed by atoms with van der Waals surface area (Å²) >= 11 is 0.818. The van der Waals surface area contributed by atoms with Gasteiger partial charge in [-0.05, 0) is 48.2 Å². The molecule has 0 unspecified atom stereocenters. The summed E-state index contributed by atoms with van der Waals surface area (Å²) in [4.78, 5) is 15.6. The minimum atomic E-state index is -4.79. The summed E-state index contributed by atoms with van der Waals surface area (Å²) in [5, 5.41) is 30.7.